The zero-order valence-corrected chi connectivity index (χ0v) is 13.5. The van der Waals surface area contributed by atoms with E-state index >= 15 is 0 Å². The third kappa shape index (κ3) is 2.61. The molecule has 4 rings (SSSR count). The predicted molar refractivity (Wildman–Crippen MR) is 91.4 cm³/mol. The van der Waals surface area contributed by atoms with E-state index in [0.717, 1.165) is 35.1 Å². The van der Waals surface area contributed by atoms with Gasteiger partial charge in [0.25, 0.3) is 5.91 Å². The number of carbonyl (C=O) groups excluding carboxylic acids is 1. The topological polar surface area (TPSA) is 59.2 Å². The van der Waals surface area contributed by atoms with Crippen molar-refractivity contribution in [1.82, 2.24) is 9.88 Å². The van der Waals surface area contributed by atoms with Gasteiger partial charge in [0.05, 0.1) is 11.1 Å². The van der Waals surface area contributed by atoms with E-state index in [1.807, 2.05) is 35.2 Å². The number of hydrogen-bond donors (Lipinski definition) is 1. The molecule has 2 fully saturated rings. The number of nitrogens with two attached hydrogens (primary N) is 1. The second-order valence-electron chi connectivity index (χ2n) is 7.03. The van der Waals surface area contributed by atoms with Crippen LogP contribution in [0.15, 0.2) is 30.3 Å². The molecular weight excluding hydrogens is 286 g/mol. The summed E-state index contributed by atoms with van der Waals surface area (Å²) >= 11 is 0. The quantitative estimate of drug-likeness (QED) is 0.948. The summed E-state index contributed by atoms with van der Waals surface area (Å²) in [5, 5.41) is 0.963. The molecule has 1 aromatic heterocycles. The molecule has 1 saturated heterocycles. The van der Waals surface area contributed by atoms with E-state index in [0.29, 0.717) is 18.4 Å². The maximum Gasteiger partial charge on any atom is 0.254 e. The highest BCUT2D eigenvalue weighted by Crippen LogP contribution is 2.40. The zero-order valence-electron chi connectivity index (χ0n) is 13.5. The molecule has 23 heavy (non-hydrogen) atoms. The molecule has 1 aromatic carbocycles. The molecule has 2 heterocycles. The van der Waals surface area contributed by atoms with Gasteiger partial charge in [-0.3, -0.25) is 9.78 Å². The van der Waals surface area contributed by atoms with Crippen LogP contribution in [0.1, 0.15) is 48.2 Å². The van der Waals surface area contributed by atoms with E-state index < -0.39 is 0 Å². The summed E-state index contributed by atoms with van der Waals surface area (Å²) in [6.07, 6.45) is 3.38. The first-order valence-electron chi connectivity index (χ1n) is 8.58. The van der Waals surface area contributed by atoms with Gasteiger partial charge in [-0.25, -0.2) is 0 Å². The van der Waals surface area contributed by atoms with Gasteiger partial charge < -0.3 is 10.6 Å². The Morgan fingerprint density at radius 1 is 1.35 bits per heavy atom. The van der Waals surface area contributed by atoms with Crippen LogP contribution in [-0.4, -0.2) is 34.9 Å². The SMILES string of the molecule is CC1CC(CN)CN1C(=O)c1cc(C2CC2)nc2ccccc12. The van der Waals surface area contributed by atoms with Crippen molar-refractivity contribution in [3.63, 3.8) is 0 Å². The molecule has 0 radical (unpaired) electrons. The minimum Gasteiger partial charge on any atom is -0.336 e. The van der Waals surface area contributed by atoms with Crippen molar-refractivity contribution in [1.29, 1.82) is 0 Å². The van der Waals surface area contributed by atoms with Crippen LogP contribution in [0.4, 0.5) is 0 Å². The molecule has 4 heteroatoms. The highest BCUT2D eigenvalue weighted by molar-refractivity contribution is 6.06. The van der Waals surface area contributed by atoms with E-state index in [1.54, 1.807) is 0 Å². The number of aromatic nitrogens is 1. The minimum absolute atomic E-state index is 0.133. The minimum atomic E-state index is 0.133. The Bertz CT molecular complexity index is 753. The van der Waals surface area contributed by atoms with Gasteiger partial charge in [0.15, 0.2) is 0 Å². The van der Waals surface area contributed by atoms with Gasteiger partial charge in [-0.1, -0.05) is 18.2 Å². The Labute approximate surface area is 136 Å². The number of benzene rings is 1. The molecule has 1 aliphatic heterocycles. The maximum absolute atomic E-state index is 13.2. The first-order valence-corrected chi connectivity index (χ1v) is 8.58. The van der Waals surface area contributed by atoms with E-state index in [-0.39, 0.29) is 11.9 Å². The number of likely N-dealkylation sites (tertiary alicyclic amines) is 1. The van der Waals surface area contributed by atoms with E-state index in [9.17, 15) is 4.79 Å². The van der Waals surface area contributed by atoms with Gasteiger partial charge in [0, 0.05) is 29.6 Å². The van der Waals surface area contributed by atoms with E-state index in [2.05, 4.69) is 6.92 Å². The first-order chi connectivity index (χ1) is 11.2. The van der Waals surface area contributed by atoms with E-state index in [1.165, 1.54) is 12.8 Å². The number of nitrogens with zero attached hydrogens (tertiary/aromatic N) is 2. The summed E-state index contributed by atoms with van der Waals surface area (Å²) in [5.74, 6) is 1.10. The predicted octanol–water partition coefficient (Wildman–Crippen LogP) is 2.92. The number of amides is 1. The Kier molecular flexibility index (Phi) is 3.57. The van der Waals surface area contributed by atoms with Crippen molar-refractivity contribution < 1.29 is 4.79 Å². The van der Waals surface area contributed by atoms with Crippen molar-refractivity contribution in [2.24, 2.45) is 11.7 Å². The average Bonchev–Trinajstić information content (AvgIpc) is 3.36. The lowest BCUT2D eigenvalue weighted by Gasteiger charge is -2.22. The van der Waals surface area contributed by atoms with Gasteiger partial charge in [-0.05, 0) is 50.8 Å². The lowest BCUT2D eigenvalue weighted by molar-refractivity contribution is 0.0745. The highest BCUT2D eigenvalue weighted by atomic mass is 16.2. The second kappa shape index (κ2) is 5.60. The van der Waals surface area contributed by atoms with Gasteiger partial charge in [0.1, 0.15) is 0 Å². The van der Waals surface area contributed by atoms with Crippen molar-refractivity contribution in [2.75, 3.05) is 13.1 Å². The smallest absolute Gasteiger partial charge is 0.254 e. The fourth-order valence-corrected chi connectivity index (χ4v) is 3.71. The normalized spacial score (nSPS) is 24.3. The van der Waals surface area contributed by atoms with Gasteiger partial charge in [-0.15, -0.1) is 0 Å². The summed E-state index contributed by atoms with van der Waals surface area (Å²) in [4.78, 5) is 19.9. The molecular formula is C19H23N3O. The molecule has 1 aliphatic carbocycles. The molecule has 2 N–H and O–H groups in total. The molecule has 4 nitrogen and oxygen atoms in total. The van der Waals surface area contributed by atoms with Crippen molar-refractivity contribution >= 4 is 16.8 Å². The largest absolute Gasteiger partial charge is 0.336 e. The molecule has 2 aromatic rings. The summed E-state index contributed by atoms with van der Waals surface area (Å²) in [6, 6.07) is 10.3. The molecule has 2 aliphatic rings. The number of pyridine rings is 1. The van der Waals surface area contributed by atoms with Gasteiger partial charge in [-0.2, -0.15) is 0 Å². The summed E-state index contributed by atoms with van der Waals surface area (Å²) in [6.45, 7) is 3.54. The van der Waals surface area contributed by atoms with Crippen molar-refractivity contribution in [3.05, 3.63) is 41.6 Å². The van der Waals surface area contributed by atoms with Gasteiger partial charge >= 0.3 is 0 Å². The van der Waals surface area contributed by atoms with Crippen molar-refractivity contribution in [3.8, 4) is 0 Å². The fraction of sp³-hybridized carbons (Fsp3) is 0.474. The third-order valence-corrected chi connectivity index (χ3v) is 5.22. The number of fused-ring (bicyclic) bond motifs is 1. The van der Waals surface area contributed by atoms with Crippen LogP contribution in [0.25, 0.3) is 10.9 Å². The molecule has 2 unspecified atom stereocenters. The number of rotatable bonds is 3. The van der Waals surface area contributed by atoms with Gasteiger partial charge in [0.2, 0.25) is 0 Å². The number of hydrogen-bond acceptors (Lipinski definition) is 3. The van der Waals surface area contributed by atoms with Crippen LogP contribution >= 0.6 is 0 Å². The Morgan fingerprint density at radius 2 is 2.13 bits per heavy atom. The van der Waals surface area contributed by atoms with Crippen LogP contribution < -0.4 is 5.73 Å². The summed E-state index contributed by atoms with van der Waals surface area (Å²) in [7, 11) is 0. The molecule has 0 bridgehead atoms. The third-order valence-electron chi connectivity index (χ3n) is 5.22. The molecule has 1 amide bonds. The Morgan fingerprint density at radius 3 is 2.83 bits per heavy atom. The first kappa shape index (κ1) is 14.6. The van der Waals surface area contributed by atoms with Crippen molar-refractivity contribution in [2.45, 2.75) is 38.1 Å². The molecule has 0 spiro atoms. The standard InChI is InChI=1S/C19H23N3O/c1-12-8-13(10-20)11-22(12)19(23)16-9-18(14-6-7-14)21-17-5-3-2-4-15(16)17/h2-5,9,12-14H,6-8,10-11,20H2,1H3. The monoisotopic (exact) mass is 309 g/mol. The number of para-hydroxylation sites is 1. The number of carbonyl (C=O) groups is 1. The van der Waals surface area contributed by atoms with E-state index in [4.69, 9.17) is 10.7 Å². The molecule has 1 saturated carbocycles. The summed E-state index contributed by atoms with van der Waals surface area (Å²) in [5.41, 5.74) is 8.63. The highest BCUT2D eigenvalue weighted by Gasteiger charge is 2.34. The van der Waals surface area contributed by atoms with Crippen LogP contribution in [0.3, 0.4) is 0 Å². The lowest BCUT2D eigenvalue weighted by atomic mass is 10.0. The zero-order chi connectivity index (χ0) is 16.0. The molecule has 2 atom stereocenters. The van der Waals surface area contributed by atoms with Crippen LogP contribution in [0.5, 0.6) is 0 Å². The average molecular weight is 309 g/mol. The fourth-order valence-electron chi connectivity index (χ4n) is 3.71. The molecule has 120 valence electrons. The summed E-state index contributed by atoms with van der Waals surface area (Å²) < 4.78 is 0. The second-order valence-corrected chi connectivity index (χ2v) is 7.03. The van der Waals surface area contributed by atoms with Crippen LogP contribution in [-0.2, 0) is 0 Å². The van der Waals surface area contributed by atoms with Crippen LogP contribution in [0.2, 0.25) is 0 Å². The Hall–Kier alpha value is -1.94. The Balaban J connectivity index is 1.76. The van der Waals surface area contributed by atoms with Crippen LogP contribution in [0, 0.1) is 5.92 Å². The lowest BCUT2D eigenvalue weighted by Crippen LogP contribution is -2.34. The maximum atomic E-state index is 13.2.